The number of hydrogen-bond acceptors (Lipinski definition) is 9. The molecule has 1 unspecified atom stereocenters. The standard InChI is InChI=1S/C29H37N9O4/c1-29(2,3)42-28(41)35(4)24-16-23(34-25-21(17-31-38(24)25)26(39)32-19-10-11-19)33-22-9-6-15-37(27(22)40)20-8-5-13-36(18-20)14-7-12-30/h6,9,15-17,19-20H,5,7-8,10-11,13-14,18H2,1-4H3,(H,32,39)(H,33,34). The number of nitrogens with one attached hydrogen (secondary N) is 2. The number of carbonyl (C=O) groups excluding carboxylic acids is 2. The molecular weight excluding hydrogens is 538 g/mol. The third-order valence-electron chi connectivity index (χ3n) is 7.27. The summed E-state index contributed by atoms with van der Waals surface area (Å²) in [7, 11) is 1.55. The summed E-state index contributed by atoms with van der Waals surface area (Å²) in [5.41, 5.74) is -0.141. The Labute approximate surface area is 244 Å². The number of aromatic nitrogens is 4. The van der Waals surface area contributed by atoms with Gasteiger partial charge in [-0.2, -0.15) is 14.9 Å². The summed E-state index contributed by atoms with van der Waals surface area (Å²) in [4.78, 5) is 47.8. The fourth-order valence-electron chi connectivity index (χ4n) is 5.02. The van der Waals surface area contributed by atoms with Gasteiger partial charge in [0.15, 0.2) is 5.65 Å². The molecule has 2 amide bonds. The topological polar surface area (TPSA) is 150 Å². The normalized spacial score (nSPS) is 17.5. The second-order valence-electron chi connectivity index (χ2n) is 11.8. The van der Waals surface area contributed by atoms with Crippen molar-refractivity contribution in [3.63, 3.8) is 0 Å². The fourth-order valence-corrected chi connectivity index (χ4v) is 5.02. The lowest BCUT2D eigenvalue weighted by Gasteiger charge is -2.33. The molecule has 13 nitrogen and oxygen atoms in total. The van der Waals surface area contributed by atoms with E-state index < -0.39 is 11.7 Å². The Balaban J connectivity index is 1.49. The van der Waals surface area contributed by atoms with E-state index in [9.17, 15) is 14.4 Å². The van der Waals surface area contributed by atoms with Crippen molar-refractivity contribution >= 4 is 35.0 Å². The highest BCUT2D eigenvalue weighted by Crippen LogP contribution is 2.27. The number of fused-ring (bicyclic) bond motifs is 1. The zero-order valence-corrected chi connectivity index (χ0v) is 24.5. The van der Waals surface area contributed by atoms with Gasteiger partial charge in [-0.25, -0.2) is 9.78 Å². The lowest BCUT2D eigenvalue weighted by atomic mass is 10.0. The molecule has 2 fully saturated rings. The zero-order valence-electron chi connectivity index (χ0n) is 24.5. The number of likely N-dealkylation sites (tertiary alicyclic amines) is 1. The summed E-state index contributed by atoms with van der Waals surface area (Å²) in [5, 5.41) is 19.4. The maximum atomic E-state index is 13.6. The second-order valence-corrected chi connectivity index (χ2v) is 11.8. The van der Waals surface area contributed by atoms with Crippen molar-refractivity contribution < 1.29 is 14.3 Å². The first-order chi connectivity index (χ1) is 20.0. The van der Waals surface area contributed by atoms with Gasteiger partial charge in [-0.1, -0.05) is 0 Å². The second kappa shape index (κ2) is 11.8. The number of carbonyl (C=O) groups is 2. The van der Waals surface area contributed by atoms with Crippen LogP contribution in [0.25, 0.3) is 5.65 Å². The van der Waals surface area contributed by atoms with Crippen molar-refractivity contribution in [2.45, 2.75) is 70.6 Å². The van der Waals surface area contributed by atoms with Gasteiger partial charge >= 0.3 is 6.09 Å². The number of ether oxygens (including phenoxy) is 1. The van der Waals surface area contributed by atoms with Crippen molar-refractivity contribution in [2.75, 3.05) is 36.9 Å². The van der Waals surface area contributed by atoms with E-state index in [2.05, 4.69) is 31.7 Å². The molecule has 2 aliphatic rings. The highest BCUT2D eigenvalue weighted by atomic mass is 16.6. The van der Waals surface area contributed by atoms with Crippen LogP contribution < -0.4 is 21.1 Å². The maximum absolute atomic E-state index is 13.6. The molecule has 1 atom stereocenters. The lowest BCUT2D eigenvalue weighted by Crippen LogP contribution is -2.40. The Hall–Kier alpha value is -4.44. The first-order valence-corrected chi connectivity index (χ1v) is 14.3. The van der Waals surface area contributed by atoms with Crippen molar-refractivity contribution in [1.29, 1.82) is 5.26 Å². The van der Waals surface area contributed by atoms with Crippen LogP contribution in [0, 0.1) is 11.3 Å². The number of pyridine rings is 1. The van der Waals surface area contributed by atoms with Crippen LogP contribution in [0.2, 0.25) is 0 Å². The predicted octanol–water partition coefficient (Wildman–Crippen LogP) is 3.45. The van der Waals surface area contributed by atoms with Gasteiger partial charge in [0.25, 0.3) is 11.5 Å². The summed E-state index contributed by atoms with van der Waals surface area (Å²) in [6, 6.07) is 7.37. The van der Waals surface area contributed by atoms with Crippen molar-refractivity contribution in [3.05, 3.63) is 46.5 Å². The smallest absolute Gasteiger partial charge is 0.415 e. The van der Waals surface area contributed by atoms with Gasteiger partial charge < -0.3 is 24.8 Å². The van der Waals surface area contributed by atoms with Crippen LogP contribution in [0.1, 0.15) is 69.3 Å². The number of piperidine rings is 1. The number of hydrogen-bond donors (Lipinski definition) is 2. The molecule has 42 heavy (non-hydrogen) atoms. The molecule has 1 aliphatic carbocycles. The van der Waals surface area contributed by atoms with Gasteiger partial charge in [0, 0.05) is 50.9 Å². The molecule has 1 saturated heterocycles. The summed E-state index contributed by atoms with van der Waals surface area (Å²) in [6.07, 6.45) is 6.69. The number of rotatable bonds is 8. The van der Waals surface area contributed by atoms with Crippen LogP contribution in [0.3, 0.4) is 0 Å². The third kappa shape index (κ3) is 6.54. The Bertz CT molecular complexity index is 1580. The van der Waals surface area contributed by atoms with E-state index in [1.165, 1.54) is 15.6 Å². The molecule has 2 N–H and O–H groups in total. The van der Waals surface area contributed by atoms with Gasteiger partial charge in [0.05, 0.1) is 12.3 Å². The average molecular weight is 576 g/mol. The first kappa shape index (κ1) is 29.1. The van der Waals surface area contributed by atoms with Crippen molar-refractivity contribution in [2.24, 2.45) is 0 Å². The summed E-state index contributed by atoms with van der Waals surface area (Å²) < 4.78 is 8.70. The molecule has 13 heteroatoms. The monoisotopic (exact) mass is 575 g/mol. The van der Waals surface area contributed by atoms with E-state index in [-0.39, 0.29) is 40.6 Å². The Morgan fingerprint density at radius 3 is 2.76 bits per heavy atom. The minimum atomic E-state index is -0.726. The molecule has 3 aromatic rings. The van der Waals surface area contributed by atoms with E-state index >= 15 is 0 Å². The Morgan fingerprint density at radius 1 is 1.26 bits per heavy atom. The first-order valence-electron chi connectivity index (χ1n) is 14.3. The highest BCUT2D eigenvalue weighted by molar-refractivity contribution is 6.00. The van der Waals surface area contributed by atoms with Gasteiger partial charge in [0.1, 0.15) is 28.5 Å². The number of nitrogens with zero attached hydrogens (tertiary/aromatic N) is 7. The SMILES string of the molecule is CN(C(=O)OC(C)(C)C)c1cc(Nc2cccn(C3CCCN(CCC#N)C3)c2=O)nc2c(C(=O)NC3CC3)cnn12. The Morgan fingerprint density at radius 2 is 2.05 bits per heavy atom. The molecule has 0 spiro atoms. The molecule has 3 aromatic heterocycles. The average Bonchev–Trinajstić information content (AvgIpc) is 3.66. The van der Waals surface area contributed by atoms with E-state index in [1.807, 2.05) is 0 Å². The third-order valence-corrected chi connectivity index (χ3v) is 7.27. The largest absolute Gasteiger partial charge is 0.443 e. The number of amides is 2. The summed E-state index contributed by atoms with van der Waals surface area (Å²) >= 11 is 0. The van der Waals surface area contributed by atoms with E-state index in [0.717, 1.165) is 32.2 Å². The van der Waals surface area contributed by atoms with E-state index in [4.69, 9.17) is 10.00 Å². The summed E-state index contributed by atoms with van der Waals surface area (Å²) in [6.45, 7) is 7.60. The Kier molecular flexibility index (Phi) is 8.17. The fraction of sp³-hybridized carbons (Fsp3) is 0.517. The highest BCUT2D eigenvalue weighted by Gasteiger charge is 2.28. The molecule has 1 aliphatic heterocycles. The maximum Gasteiger partial charge on any atom is 0.415 e. The van der Waals surface area contributed by atoms with Crippen molar-refractivity contribution in [3.8, 4) is 6.07 Å². The zero-order chi connectivity index (χ0) is 30.0. The molecule has 0 aromatic carbocycles. The van der Waals surface area contributed by atoms with Crippen LogP contribution >= 0.6 is 0 Å². The number of anilines is 3. The van der Waals surface area contributed by atoms with Gasteiger partial charge in [-0.15, -0.1) is 0 Å². The van der Waals surface area contributed by atoms with E-state index in [0.29, 0.717) is 31.0 Å². The summed E-state index contributed by atoms with van der Waals surface area (Å²) in [5.74, 6) is 0.269. The molecule has 4 heterocycles. The lowest BCUT2D eigenvalue weighted by molar-refractivity contribution is 0.0587. The minimum absolute atomic E-state index is 0.0245. The van der Waals surface area contributed by atoms with Crippen LogP contribution in [-0.2, 0) is 4.74 Å². The van der Waals surface area contributed by atoms with Crippen LogP contribution in [-0.4, -0.2) is 74.4 Å². The number of nitriles is 1. The molecule has 1 saturated carbocycles. The van der Waals surface area contributed by atoms with Crippen LogP contribution in [0.15, 0.2) is 35.4 Å². The molecule has 5 rings (SSSR count). The van der Waals surface area contributed by atoms with Crippen LogP contribution in [0.5, 0.6) is 0 Å². The van der Waals surface area contributed by atoms with Gasteiger partial charge in [-0.05, 0) is 65.1 Å². The molecule has 222 valence electrons. The van der Waals surface area contributed by atoms with Gasteiger partial charge in [0.2, 0.25) is 0 Å². The molecule has 0 radical (unpaired) electrons. The van der Waals surface area contributed by atoms with E-state index in [1.54, 1.807) is 56.8 Å². The predicted molar refractivity (Wildman–Crippen MR) is 157 cm³/mol. The molecule has 0 bridgehead atoms. The molecular formula is C29H37N9O4. The quantitative estimate of drug-likeness (QED) is 0.412. The van der Waals surface area contributed by atoms with Crippen LogP contribution in [0.4, 0.5) is 22.1 Å². The van der Waals surface area contributed by atoms with Crippen molar-refractivity contribution in [1.82, 2.24) is 29.4 Å². The van der Waals surface area contributed by atoms with Gasteiger partial charge in [-0.3, -0.25) is 14.5 Å². The minimum Gasteiger partial charge on any atom is -0.443 e.